The Bertz CT molecular complexity index is 635. The van der Waals surface area contributed by atoms with E-state index in [4.69, 9.17) is 10.00 Å². The monoisotopic (exact) mass is 255 g/mol. The van der Waals surface area contributed by atoms with Crippen LogP contribution in [0, 0.1) is 25.2 Å². The van der Waals surface area contributed by atoms with Gasteiger partial charge in [-0.05, 0) is 37.6 Å². The quantitative estimate of drug-likeness (QED) is 0.907. The maximum atomic E-state index is 8.99. The number of nitrogens with zero attached hydrogens (tertiary/aromatic N) is 2. The van der Waals surface area contributed by atoms with E-state index in [-0.39, 0.29) is 5.92 Å². The number of aromatic nitrogens is 2. The fourth-order valence-electron chi connectivity index (χ4n) is 1.95. The van der Waals surface area contributed by atoms with Gasteiger partial charge in [0.15, 0.2) is 5.75 Å². The van der Waals surface area contributed by atoms with E-state index in [2.05, 4.69) is 30.1 Å². The maximum Gasteiger partial charge on any atom is 0.171 e. The highest BCUT2D eigenvalue weighted by Gasteiger charge is 2.16. The molecule has 0 unspecified atom stereocenters. The molecule has 0 saturated carbocycles. The van der Waals surface area contributed by atoms with Crippen molar-refractivity contribution >= 4 is 0 Å². The van der Waals surface area contributed by atoms with Crippen LogP contribution in [-0.2, 0) is 0 Å². The van der Waals surface area contributed by atoms with Crippen molar-refractivity contribution in [2.45, 2.75) is 33.6 Å². The molecule has 1 N–H and O–H groups in total. The number of aromatic amines is 1. The molecule has 0 spiro atoms. The van der Waals surface area contributed by atoms with Gasteiger partial charge in [0.1, 0.15) is 11.4 Å². The van der Waals surface area contributed by atoms with Gasteiger partial charge in [-0.3, -0.25) is 5.10 Å². The summed E-state index contributed by atoms with van der Waals surface area (Å²) in [5, 5.41) is 16.2. The minimum atomic E-state index is 0.278. The highest BCUT2D eigenvalue weighted by atomic mass is 16.5. The summed E-state index contributed by atoms with van der Waals surface area (Å²) in [5.41, 5.74) is 3.39. The van der Waals surface area contributed by atoms with Gasteiger partial charge in [-0.25, -0.2) is 0 Å². The van der Waals surface area contributed by atoms with E-state index in [0.717, 1.165) is 22.7 Å². The molecule has 4 heteroatoms. The lowest BCUT2D eigenvalue weighted by Crippen LogP contribution is -1.94. The first kappa shape index (κ1) is 13.2. The number of ether oxygens (including phenoxy) is 1. The molecular formula is C15H17N3O. The van der Waals surface area contributed by atoms with Crippen LogP contribution in [0.2, 0.25) is 0 Å². The van der Waals surface area contributed by atoms with E-state index in [1.165, 1.54) is 0 Å². The van der Waals surface area contributed by atoms with Gasteiger partial charge in [0.05, 0.1) is 17.3 Å². The maximum absolute atomic E-state index is 8.99. The first-order valence-corrected chi connectivity index (χ1v) is 6.25. The van der Waals surface area contributed by atoms with Crippen molar-refractivity contribution in [3.63, 3.8) is 0 Å². The number of hydrogen-bond acceptors (Lipinski definition) is 3. The predicted molar refractivity (Wildman–Crippen MR) is 73.4 cm³/mol. The van der Waals surface area contributed by atoms with Crippen molar-refractivity contribution in [2.75, 3.05) is 0 Å². The first-order chi connectivity index (χ1) is 9.01. The molecule has 1 aromatic heterocycles. The minimum Gasteiger partial charge on any atom is -0.453 e. The average Bonchev–Trinajstić information content (AvgIpc) is 2.70. The molecule has 0 aliphatic heterocycles. The Morgan fingerprint density at radius 2 is 2.00 bits per heavy atom. The van der Waals surface area contributed by atoms with Gasteiger partial charge in [0.25, 0.3) is 0 Å². The Balaban J connectivity index is 2.39. The van der Waals surface area contributed by atoms with Crippen LogP contribution in [-0.4, -0.2) is 10.2 Å². The lowest BCUT2D eigenvalue weighted by molar-refractivity contribution is 0.469. The summed E-state index contributed by atoms with van der Waals surface area (Å²) in [7, 11) is 0. The third kappa shape index (κ3) is 2.76. The average molecular weight is 255 g/mol. The van der Waals surface area contributed by atoms with E-state index in [0.29, 0.717) is 11.3 Å². The van der Waals surface area contributed by atoms with Gasteiger partial charge < -0.3 is 4.74 Å². The van der Waals surface area contributed by atoms with Gasteiger partial charge in [-0.1, -0.05) is 13.8 Å². The summed E-state index contributed by atoms with van der Waals surface area (Å²) in [6.45, 7) is 8.01. The summed E-state index contributed by atoms with van der Waals surface area (Å²) < 4.78 is 5.92. The molecule has 0 aliphatic carbocycles. The zero-order valence-corrected chi connectivity index (χ0v) is 11.6. The molecule has 0 atom stereocenters. The van der Waals surface area contributed by atoms with Crippen molar-refractivity contribution in [3.05, 3.63) is 40.7 Å². The van der Waals surface area contributed by atoms with Gasteiger partial charge in [-0.15, -0.1) is 0 Å². The minimum absolute atomic E-state index is 0.278. The van der Waals surface area contributed by atoms with Gasteiger partial charge in [0, 0.05) is 5.92 Å². The number of H-pyrrole nitrogens is 1. The summed E-state index contributed by atoms with van der Waals surface area (Å²) in [4.78, 5) is 0. The molecule has 0 amide bonds. The topological polar surface area (TPSA) is 61.7 Å². The summed E-state index contributed by atoms with van der Waals surface area (Å²) in [6.07, 6.45) is 0. The molecule has 2 rings (SSSR count). The van der Waals surface area contributed by atoms with Gasteiger partial charge >= 0.3 is 0 Å². The number of nitriles is 1. The number of nitrogens with one attached hydrogen (secondary N) is 1. The molecule has 1 heterocycles. The standard InChI is InChI=1S/C15H17N3O/c1-9(2)14-15(11(4)17-18-14)19-13-6-10(3)5-12(7-13)8-16/h5-7,9H,1-4H3,(H,17,18). The Morgan fingerprint density at radius 1 is 1.26 bits per heavy atom. The van der Waals surface area contributed by atoms with Crippen molar-refractivity contribution in [1.82, 2.24) is 10.2 Å². The Kier molecular flexibility index (Phi) is 3.57. The van der Waals surface area contributed by atoms with E-state index >= 15 is 0 Å². The summed E-state index contributed by atoms with van der Waals surface area (Å²) >= 11 is 0. The molecule has 4 nitrogen and oxygen atoms in total. The van der Waals surface area contributed by atoms with Gasteiger partial charge in [0.2, 0.25) is 0 Å². The lowest BCUT2D eigenvalue weighted by Gasteiger charge is -2.10. The summed E-state index contributed by atoms with van der Waals surface area (Å²) in [5.74, 6) is 1.70. The highest BCUT2D eigenvalue weighted by Crippen LogP contribution is 2.32. The second kappa shape index (κ2) is 5.15. The van der Waals surface area contributed by atoms with Crippen molar-refractivity contribution < 1.29 is 4.74 Å². The van der Waals surface area contributed by atoms with E-state index in [1.54, 1.807) is 6.07 Å². The molecule has 0 fully saturated rings. The molecule has 0 saturated heterocycles. The van der Waals surface area contributed by atoms with E-state index in [9.17, 15) is 0 Å². The molecule has 2 aromatic rings. The molecular weight excluding hydrogens is 238 g/mol. The third-order valence-corrected chi connectivity index (χ3v) is 2.86. The van der Waals surface area contributed by atoms with Crippen LogP contribution in [0.15, 0.2) is 18.2 Å². The number of aryl methyl sites for hydroxylation is 2. The van der Waals surface area contributed by atoms with Crippen LogP contribution >= 0.6 is 0 Å². The second-order valence-electron chi connectivity index (χ2n) is 4.97. The van der Waals surface area contributed by atoms with Crippen LogP contribution in [0.5, 0.6) is 11.5 Å². The fraction of sp³-hybridized carbons (Fsp3) is 0.333. The number of benzene rings is 1. The number of hydrogen-bond donors (Lipinski definition) is 1. The zero-order valence-electron chi connectivity index (χ0n) is 11.6. The van der Waals surface area contributed by atoms with Crippen molar-refractivity contribution in [1.29, 1.82) is 5.26 Å². The zero-order chi connectivity index (χ0) is 14.0. The van der Waals surface area contributed by atoms with Crippen LogP contribution in [0.4, 0.5) is 0 Å². The molecule has 1 aromatic carbocycles. The van der Waals surface area contributed by atoms with Crippen molar-refractivity contribution in [2.24, 2.45) is 0 Å². The second-order valence-corrected chi connectivity index (χ2v) is 4.97. The third-order valence-electron chi connectivity index (χ3n) is 2.86. The van der Waals surface area contributed by atoms with Crippen LogP contribution in [0.3, 0.4) is 0 Å². The first-order valence-electron chi connectivity index (χ1n) is 6.25. The molecule has 98 valence electrons. The van der Waals surface area contributed by atoms with Crippen LogP contribution < -0.4 is 4.74 Å². The molecule has 19 heavy (non-hydrogen) atoms. The Morgan fingerprint density at radius 3 is 2.63 bits per heavy atom. The van der Waals surface area contributed by atoms with Crippen LogP contribution in [0.25, 0.3) is 0 Å². The molecule has 0 radical (unpaired) electrons. The van der Waals surface area contributed by atoms with Crippen LogP contribution in [0.1, 0.15) is 42.3 Å². The SMILES string of the molecule is Cc1cc(C#N)cc(Oc2c(C(C)C)n[nH]c2C)c1. The smallest absolute Gasteiger partial charge is 0.171 e. The lowest BCUT2D eigenvalue weighted by atomic mass is 10.1. The Labute approximate surface area is 113 Å². The summed E-state index contributed by atoms with van der Waals surface area (Å²) in [6, 6.07) is 7.62. The predicted octanol–water partition coefficient (Wildman–Crippen LogP) is 3.81. The molecule has 0 bridgehead atoms. The highest BCUT2D eigenvalue weighted by molar-refractivity contribution is 5.44. The molecule has 0 aliphatic rings. The fourth-order valence-corrected chi connectivity index (χ4v) is 1.95. The largest absolute Gasteiger partial charge is 0.453 e. The van der Waals surface area contributed by atoms with Gasteiger partial charge in [-0.2, -0.15) is 10.4 Å². The number of rotatable bonds is 3. The van der Waals surface area contributed by atoms with E-state index < -0.39 is 0 Å². The normalized spacial score (nSPS) is 10.5. The Hall–Kier alpha value is -2.28. The van der Waals surface area contributed by atoms with E-state index in [1.807, 2.05) is 26.0 Å². The van der Waals surface area contributed by atoms with Crippen molar-refractivity contribution in [3.8, 4) is 17.6 Å².